The number of hydrogen-bond acceptors (Lipinski definition) is 6. The molecule has 5 rings (SSSR count). The molecule has 3 N–H and O–H groups in total. The topological polar surface area (TPSA) is 100 Å². The molecule has 3 atom stereocenters. The normalized spacial score (nSPS) is 21.5. The van der Waals surface area contributed by atoms with Crippen molar-refractivity contribution >= 4 is 11.8 Å². The molecule has 3 aliphatic rings. The van der Waals surface area contributed by atoms with Crippen LogP contribution in [0.4, 0.5) is 4.39 Å². The number of nitrogens with zero attached hydrogens (tertiary/aromatic N) is 1. The number of rotatable bonds is 9. The Labute approximate surface area is 216 Å². The van der Waals surface area contributed by atoms with E-state index >= 15 is 4.39 Å². The Bertz CT molecular complexity index is 1120. The molecule has 0 spiro atoms. The van der Waals surface area contributed by atoms with E-state index in [1.807, 2.05) is 12.1 Å². The van der Waals surface area contributed by atoms with Gasteiger partial charge in [-0.2, -0.15) is 0 Å². The smallest absolute Gasteiger partial charge is 0.257 e. The van der Waals surface area contributed by atoms with E-state index in [2.05, 4.69) is 22.8 Å². The highest BCUT2D eigenvalue weighted by molar-refractivity contribution is 6.00. The molecule has 2 saturated heterocycles. The van der Waals surface area contributed by atoms with Crippen molar-refractivity contribution in [3.8, 4) is 5.75 Å². The molecular formula is C28H34FN3O5. The highest BCUT2D eigenvalue weighted by Crippen LogP contribution is 2.32. The number of hydrogen-bond donors (Lipinski definition) is 3. The van der Waals surface area contributed by atoms with Gasteiger partial charge in [-0.05, 0) is 55.9 Å². The van der Waals surface area contributed by atoms with Crippen molar-refractivity contribution in [1.82, 2.24) is 15.5 Å². The summed E-state index contributed by atoms with van der Waals surface area (Å²) in [5.41, 5.74) is 2.51. The first-order valence-electron chi connectivity index (χ1n) is 13.1. The molecule has 2 aromatic carbocycles. The molecular weight excluding hydrogens is 477 g/mol. The van der Waals surface area contributed by atoms with Crippen LogP contribution in [0.15, 0.2) is 36.4 Å². The fourth-order valence-corrected chi connectivity index (χ4v) is 5.65. The molecule has 0 saturated carbocycles. The number of nitrogens with one attached hydrogen (secondary N) is 2. The molecule has 2 fully saturated rings. The van der Waals surface area contributed by atoms with Gasteiger partial charge in [-0.25, -0.2) is 4.39 Å². The van der Waals surface area contributed by atoms with Gasteiger partial charge < -0.3 is 30.1 Å². The molecule has 37 heavy (non-hydrogen) atoms. The first kappa shape index (κ1) is 25.6. The zero-order valence-electron chi connectivity index (χ0n) is 21.0. The van der Waals surface area contributed by atoms with Crippen molar-refractivity contribution in [3.05, 3.63) is 64.5 Å². The summed E-state index contributed by atoms with van der Waals surface area (Å²) >= 11 is 0. The standard InChI is InChI=1S/C28H34FN3O5/c1-2-37-26-12-23(28(35)32-20-7-8-21(32)16-36-15-20)25(29)11-24(26)27(34)31-14-22(33)13-30-19-9-17-5-3-4-6-18(17)10-19/h3-6,11-12,19-22,30,33H,2,7-10,13-16H2,1H3,(H,31,34). The van der Waals surface area contributed by atoms with Gasteiger partial charge in [-0.3, -0.25) is 9.59 Å². The zero-order chi connectivity index (χ0) is 25.9. The predicted octanol–water partition coefficient (Wildman–Crippen LogP) is 2.08. The minimum absolute atomic E-state index is 0.00347. The van der Waals surface area contributed by atoms with Crippen LogP contribution in [0.2, 0.25) is 0 Å². The predicted molar refractivity (Wildman–Crippen MR) is 135 cm³/mol. The summed E-state index contributed by atoms with van der Waals surface area (Å²) in [5, 5.41) is 16.4. The Morgan fingerprint density at radius 1 is 1.11 bits per heavy atom. The van der Waals surface area contributed by atoms with Gasteiger partial charge in [0.1, 0.15) is 11.6 Å². The van der Waals surface area contributed by atoms with Crippen molar-refractivity contribution in [2.75, 3.05) is 32.9 Å². The molecule has 2 aromatic rings. The van der Waals surface area contributed by atoms with Crippen LogP contribution in [0.25, 0.3) is 0 Å². The fourth-order valence-electron chi connectivity index (χ4n) is 5.65. The van der Waals surface area contributed by atoms with Crippen LogP contribution in [0.5, 0.6) is 5.75 Å². The summed E-state index contributed by atoms with van der Waals surface area (Å²) in [5.74, 6) is -1.61. The molecule has 8 nitrogen and oxygen atoms in total. The SMILES string of the molecule is CCOc1cc(C(=O)N2C3CCC2COC3)c(F)cc1C(=O)NCC(O)CNC1Cc2ccccc2C1. The van der Waals surface area contributed by atoms with Gasteiger partial charge in [0.2, 0.25) is 0 Å². The lowest BCUT2D eigenvalue weighted by molar-refractivity contribution is -0.00740. The van der Waals surface area contributed by atoms with Crippen molar-refractivity contribution in [1.29, 1.82) is 0 Å². The van der Waals surface area contributed by atoms with Gasteiger partial charge in [-0.15, -0.1) is 0 Å². The van der Waals surface area contributed by atoms with Gasteiger partial charge in [0.15, 0.2) is 0 Å². The monoisotopic (exact) mass is 511 g/mol. The zero-order valence-corrected chi connectivity index (χ0v) is 21.0. The number of benzene rings is 2. The number of morpholine rings is 1. The van der Waals surface area contributed by atoms with Gasteiger partial charge in [-0.1, -0.05) is 24.3 Å². The highest BCUT2D eigenvalue weighted by atomic mass is 19.1. The molecule has 198 valence electrons. The Morgan fingerprint density at radius 2 is 1.78 bits per heavy atom. The quantitative estimate of drug-likeness (QED) is 0.477. The molecule has 2 aliphatic heterocycles. The fraction of sp³-hybridized carbons (Fsp3) is 0.500. The Morgan fingerprint density at radius 3 is 2.43 bits per heavy atom. The summed E-state index contributed by atoms with van der Waals surface area (Å²) in [6.45, 7) is 3.22. The van der Waals surface area contributed by atoms with Gasteiger partial charge >= 0.3 is 0 Å². The lowest BCUT2D eigenvalue weighted by atomic mass is 10.1. The van der Waals surface area contributed by atoms with Crippen LogP contribution in [0.1, 0.15) is 51.6 Å². The number of aliphatic hydroxyl groups is 1. The Balaban J connectivity index is 1.19. The second-order valence-corrected chi connectivity index (χ2v) is 10.0. The summed E-state index contributed by atoms with van der Waals surface area (Å²) in [7, 11) is 0. The summed E-state index contributed by atoms with van der Waals surface area (Å²) in [6.07, 6.45) is 2.67. The van der Waals surface area contributed by atoms with Gasteiger partial charge in [0.05, 0.1) is 49.1 Å². The number of ether oxygens (including phenoxy) is 2. The largest absolute Gasteiger partial charge is 0.493 e. The van der Waals surface area contributed by atoms with Gasteiger partial charge in [0.25, 0.3) is 11.8 Å². The van der Waals surface area contributed by atoms with Crippen LogP contribution in [0, 0.1) is 5.82 Å². The number of halogens is 1. The van der Waals surface area contributed by atoms with Crippen LogP contribution in [-0.4, -0.2) is 79.0 Å². The molecule has 2 amide bonds. The Kier molecular flexibility index (Phi) is 7.73. The van der Waals surface area contributed by atoms with Crippen LogP contribution < -0.4 is 15.4 Å². The van der Waals surface area contributed by atoms with E-state index in [0.29, 0.717) is 19.8 Å². The molecule has 1 aliphatic carbocycles. The molecule has 0 radical (unpaired) electrons. The third-order valence-corrected chi connectivity index (χ3v) is 7.51. The third kappa shape index (κ3) is 5.49. The maximum absolute atomic E-state index is 15.1. The van der Waals surface area contributed by atoms with E-state index in [1.54, 1.807) is 11.8 Å². The maximum Gasteiger partial charge on any atom is 0.257 e. The molecule has 0 aromatic heterocycles. The lowest BCUT2D eigenvalue weighted by Crippen LogP contribution is -2.49. The third-order valence-electron chi connectivity index (χ3n) is 7.51. The van der Waals surface area contributed by atoms with E-state index in [4.69, 9.17) is 9.47 Å². The number of amides is 2. The number of carbonyl (C=O) groups is 2. The average molecular weight is 512 g/mol. The van der Waals surface area contributed by atoms with E-state index < -0.39 is 23.7 Å². The summed E-state index contributed by atoms with van der Waals surface area (Å²) < 4.78 is 26.3. The minimum atomic E-state index is -0.814. The van der Waals surface area contributed by atoms with Crippen LogP contribution in [0.3, 0.4) is 0 Å². The lowest BCUT2D eigenvalue weighted by Gasteiger charge is -2.34. The average Bonchev–Trinajstić information content (AvgIpc) is 3.43. The second kappa shape index (κ2) is 11.2. The van der Waals surface area contributed by atoms with Crippen LogP contribution >= 0.6 is 0 Å². The number of carbonyl (C=O) groups excluding carboxylic acids is 2. The molecule has 2 bridgehead atoms. The van der Waals surface area contributed by atoms with E-state index in [9.17, 15) is 14.7 Å². The molecule has 2 heterocycles. The van der Waals surface area contributed by atoms with Crippen molar-refractivity contribution in [3.63, 3.8) is 0 Å². The number of aliphatic hydroxyl groups excluding tert-OH is 1. The van der Waals surface area contributed by atoms with E-state index in [1.165, 1.54) is 17.2 Å². The maximum atomic E-state index is 15.1. The van der Waals surface area contributed by atoms with Gasteiger partial charge in [0, 0.05) is 19.1 Å². The molecule has 9 heteroatoms. The van der Waals surface area contributed by atoms with Crippen molar-refractivity contribution < 1.29 is 28.6 Å². The van der Waals surface area contributed by atoms with Crippen LogP contribution in [-0.2, 0) is 17.6 Å². The minimum Gasteiger partial charge on any atom is -0.493 e. The van der Waals surface area contributed by atoms with E-state index in [0.717, 1.165) is 31.7 Å². The first-order valence-corrected chi connectivity index (χ1v) is 13.1. The molecule has 3 unspecified atom stereocenters. The summed E-state index contributed by atoms with van der Waals surface area (Å²) in [6, 6.07) is 10.8. The first-order chi connectivity index (χ1) is 17.9. The summed E-state index contributed by atoms with van der Waals surface area (Å²) in [4.78, 5) is 27.8. The van der Waals surface area contributed by atoms with Crippen molar-refractivity contribution in [2.24, 2.45) is 0 Å². The second-order valence-electron chi connectivity index (χ2n) is 10.0. The Hall–Kier alpha value is -3.01. The van der Waals surface area contributed by atoms with Crippen molar-refractivity contribution in [2.45, 2.75) is 56.8 Å². The van der Waals surface area contributed by atoms with E-state index in [-0.39, 0.29) is 48.2 Å². The highest BCUT2D eigenvalue weighted by Gasteiger charge is 2.41. The number of fused-ring (bicyclic) bond motifs is 3.